The Morgan fingerprint density at radius 1 is 1.04 bits per heavy atom. The minimum absolute atomic E-state index is 0.328. The van der Waals surface area contributed by atoms with Crippen LogP contribution >= 0.6 is 25.4 Å². The lowest BCUT2D eigenvalue weighted by Crippen LogP contribution is -2.27. The fraction of sp³-hybridized carbons (Fsp3) is 0.364. The van der Waals surface area contributed by atoms with E-state index in [0.29, 0.717) is 11.1 Å². The van der Waals surface area contributed by atoms with Crippen LogP contribution < -0.4 is 10.6 Å². The minimum Gasteiger partial charge on any atom is -0.472 e. The highest BCUT2D eigenvalue weighted by Crippen LogP contribution is 2.72. The van der Waals surface area contributed by atoms with Crippen molar-refractivity contribution in [3.63, 3.8) is 0 Å². The van der Waals surface area contributed by atoms with Crippen molar-refractivity contribution < 1.29 is 8.83 Å². The van der Waals surface area contributed by atoms with E-state index in [1.807, 2.05) is 12.5 Å². The Morgan fingerprint density at radius 2 is 1.71 bits per heavy atom. The molecule has 2 aromatic heterocycles. The standard InChI is InChI=1S/C22H28NO2P3/c1-2-3-13-23(27(19-11-14-24-16-19)20-12-15-25-17-20)28-21(9-10-22(28)26)18-7-5-4-6-8-18/h4-8,11-12,14-17,21-22H,2-3,9-10,13,26H2,1H3/t21-,22-,28?/m1/s1. The van der Waals surface area contributed by atoms with Crippen molar-refractivity contribution in [2.24, 2.45) is 0 Å². The molecule has 0 amide bonds. The highest BCUT2D eigenvalue weighted by Gasteiger charge is 2.42. The molecular formula is C22H28NO2P3. The molecule has 0 bridgehead atoms. The fourth-order valence-corrected chi connectivity index (χ4v) is 12.5. The van der Waals surface area contributed by atoms with E-state index in [1.54, 1.807) is 12.5 Å². The Labute approximate surface area is 172 Å². The summed E-state index contributed by atoms with van der Waals surface area (Å²) in [6.07, 6.45) is 12.4. The maximum atomic E-state index is 5.51. The molecule has 3 nitrogen and oxygen atoms in total. The second-order valence-electron chi connectivity index (χ2n) is 7.18. The van der Waals surface area contributed by atoms with E-state index >= 15 is 0 Å². The molecule has 0 aliphatic carbocycles. The van der Waals surface area contributed by atoms with Crippen LogP contribution in [0.1, 0.15) is 43.8 Å². The van der Waals surface area contributed by atoms with Crippen molar-refractivity contribution in [1.82, 2.24) is 4.44 Å². The Hall–Kier alpha value is -0.970. The number of unbranched alkanes of at least 4 members (excludes halogenated alkanes) is 1. The van der Waals surface area contributed by atoms with Crippen molar-refractivity contribution in [2.45, 2.75) is 43.7 Å². The van der Waals surface area contributed by atoms with E-state index in [4.69, 9.17) is 8.83 Å². The average Bonchev–Trinajstić information content (AvgIpc) is 3.48. The second kappa shape index (κ2) is 9.69. The zero-order valence-electron chi connectivity index (χ0n) is 16.3. The Balaban J connectivity index is 1.75. The van der Waals surface area contributed by atoms with Gasteiger partial charge in [0.2, 0.25) is 0 Å². The van der Waals surface area contributed by atoms with Crippen molar-refractivity contribution in [3.8, 4) is 0 Å². The summed E-state index contributed by atoms with van der Waals surface area (Å²) in [5.74, 6) is 0. The maximum Gasteiger partial charge on any atom is 0.0995 e. The van der Waals surface area contributed by atoms with Crippen LogP contribution in [0, 0.1) is 0 Å². The summed E-state index contributed by atoms with van der Waals surface area (Å²) in [5, 5.41) is 3.22. The monoisotopic (exact) mass is 431 g/mol. The summed E-state index contributed by atoms with van der Waals surface area (Å²) in [5.41, 5.74) is 2.12. The van der Waals surface area contributed by atoms with Crippen LogP contribution in [-0.4, -0.2) is 16.4 Å². The van der Waals surface area contributed by atoms with Crippen LogP contribution in [0.5, 0.6) is 0 Å². The Bertz CT molecular complexity index is 789. The maximum absolute atomic E-state index is 5.51. The largest absolute Gasteiger partial charge is 0.472 e. The van der Waals surface area contributed by atoms with Gasteiger partial charge in [-0.15, -0.1) is 9.24 Å². The lowest BCUT2D eigenvalue weighted by molar-refractivity contribution is 0.568. The molecule has 4 rings (SSSR count). The molecule has 6 heteroatoms. The van der Waals surface area contributed by atoms with Crippen molar-refractivity contribution in [2.75, 3.05) is 6.54 Å². The number of hydrogen-bond acceptors (Lipinski definition) is 3. The third kappa shape index (κ3) is 4.29. The minimum atomic E-state index is -0.645. The quantitative estimate of drug-likeness (QED) is 0.384. The smallest absolute Gasteiger partial charge is 0.0995 e. The van der Waals surface area contributed by atoms with Gasteiger partial charge < -0.3 is 8.83 Å². The van der Waals surface area contributed by atoms with Crippen LogP contribution in [0.3, 0.4) is 0 Å². The fourth-order valence-electron chi connectivity index (χ4n) is 3.94. The molecule has 0 saturated carbocycles. The molecule has 3 heterocycles. The molecule has 1 aliphatic rings. The summed E-state index contributed by atoms with van der Waals surface area (Å²) >= 11 is 0. The molecule has 0 N–H and O–H groups in total. The second-order valence-corrected chi connectivity index (χ2v) is 13.5. The molecule has 0 radical (unpaired) electrons. The molecule has 2 unspecified atom stereocenters. The molecule has 4 atom stereocenters. The summed E-state index contributed by atoms with van der Waals surface area (Å²) in [4.78, 5) is 0. The Kier molecular flexibility index (Phi) is 7.03. The van der Waals surface area contributed by atoms with Gasteiger partial charge in [-0.05, 0) is 45.0 Å². The number of nitrogens with zero attached hydrogens (tertiary/aromatic N) is 1. The molecule has 0 spiro atoms. The zero-order valence-corrected chi connectivity index (χ0v) is 19.2. The van der Waals surface area contributed by atoms with Gasteiger partial charge in [0.1, 0.15) is 0 Å². The van der Waals surface area contributed by atoms with E-state index in [1.165, 1.54) is 41.9 Å². The average molecular weight is 431 g/mol. The van der Waals surface area contributed by atoms with Gasteiger partial charge in [-0.2, -0.15) is 0 Å². The molecule has 1 aromatic carbocycles. The van der Waals surface area contributed by atoms with Crippen molar-refractivity contribution >= 4 is 36.0 Å². The van der Waals surface area contributed by atoms with Crippen LogP contribution in [0.25, 0.3) is 0 Å². The van der Waals surface area contributed by atoms with E-state index in [9.17, 15) is 0 Å². The van der Waals surface area contributed by atoms with E-state index < -0.39 is 8.07 Å². The van der Waals surface area contributed by atoms with Crippen molar-refractivity contribution in [1.29, 1.82) is 0 Å². The van der Waals surface area contributed by atoms with Gasteiger partial charge in [0, 0.05) is 36.3 Å². The summed E-state index contributed by atoms with van der Waals surface area (Å²) in [6.45, 7) is 3.41. The SMILES string of the molecule is CCCCN(P(c1ccoc1)c1ccoc1)P1[C@@H](c2ccccc2)CC[C@@H]1P. The lowest BCUT2D eigenvalue weighted by Gasteiger charge is -2.40. The first-order chi connectivity index (χ1) is 13.8. The van der Waals surface area contributed by atoms with E-state index in [0.717, 1.165) is 6.54 Å². The highest BCUT2D eigenvalue weighted by molar-refractivity contribution is 7.81. The Morgan fingerprint density at radius 3 is 2.29 bits per heavy atom. The van der Waals surface area contributed by atoms with Crippen LogP contribution in [0.4, 0.5) is 0 Å². The number of benzene rings is 1. The summed E-state index contributed by atoms with van der Waals surface area (Å²) in [6, 6.07) is 15.4. The normalized spacial score (nSPS) is 22.4. The van der Waals surface area contributed by atoms with E-state index in [-0.39, 0.29) is 8.07 Å². The van der Waals surface area contributed by atoms with E-state index in [2.05, 4.69) is 63.1 Å². The third-order valence-corrected chi connectivity index (χ3v) is 12.7. The molecular weight excluding hydrogens is 403 g/mol. The van der Waals surface area contributed by atoms with Crippen LogP contribution in [0.2, 0.25) is 0 Å². The summed E-state index contributed by atoms with van der Waals surface area (Å²) in [7, 11) is 2.21. The van der Waals surface area contributed by atoms with Crippen LogP contribution in [0.15, 0.2) is 76.4 Å². The predicted molar refractivity (Wildman–Crippen MR) is 124 cm³/mol. The molecule has 148 valence electrons. The van der Waals surface area contributed by atoms with Crippen LogP contribution in [-0.2, 0) is 0 Å². The van der Waals surface area contributed by atoms with Gasteiger partial charge >= 0.3 is 0 Å². The number of hydrogen-bond donors (Lipinski definition) is 0. The highest BCUT2D eigenvalue weighted by atomic mass is 31.2. The van der Waals surface area contributed by atoms with Gasteiger partial charge in [-0.1, -0.05) is 43.7 Å². The van der Waals surface area contributed by atoms with Crippen molar-refractivity contribution in [3.05, 3.63) is 73.1 Å². The van der Waals surface area contributed by atoms with Gasteiger partial charge in [0.15, 0.2) is 0 Å². The first-order valence-corrected chi connectivity index (χ1v) is 13.4. The van der Waals surface area contributed by atoms with Gasteiger partial charge in [0.25, 0.3) is 0 Å². The summed E-state index contributed by atoms with van der Waals surface area (Å²) < 4.78 is 13.9. The van der Waals surface area contributed by atoms with Gasteiger partial charge in [-0.25, -0.2) is 0 Å². The molecule has 1 saturated heterocycles. The molecule has 28 heavy (non-hydrogen) atoms. The first-order valence-electron chi connectivity index (χ1n) is 10.0. The first kappa shape index (κ1) is 20.3. The molecule has 3 aromatic rings. The van der Waals surface area contributed by atoms with Gasteiger partial charge in [-0.3, -0.25) is 4.44 Å². The molecule has 1 aliphatic heterocycles. The molecule has 1 fully saturated rings. The lowest BCUT2D eigenvalue weighted by atomic mass is 10.1. The van der Waals surface area contributed by atoms with Gasteiger partial charge in [0.05, 0.1) is 25.1 Å². The predicted octanol–water partition coefficient (Wildman–Crippen LogP) is 6.46. The number of furan rings is 2. The number of rotatable bonds is 8. The topological polar surface area (TPSA) is 29.5 Å². The third-order valence-electron chi connectivity index (χ3n) is 5.29. The zero-order chi connectivity index (χ0) is 19.3.